The van der Waals surface area contributed by atoms with Crippen molar-refractivity contribution in [3.63, 3.8) is 0 Å². The van der Waals surface area contributed by atoms with Gasteiger partial charge in [0.1, 0.15) is 12.6 Å². The maximum atomic E-state index is 13.5. The molecule has 0 spiro atoms. The Balaban J connectivity index is 2.41. The summed E-state index contributed by atoms with van der Waals surface area (Å²) in [6.45, 7) is 10.8. The number of carbonyl (C=O) groups excluding carboxylic acids is 2. The molecular weight excluding hydrogens is 438 g/mol. The van der Waals surface area contributed by atoms with Gasteiger partial charge in [-0.15, -0.1) is 0 Å². The van der Waals surface area contributed by atoms with Crippen molar-refractivity contribution in [2.75, 3.05) is 17.1 Å². The molecule has 2 aromatic carbocycles. The third-order valence-corrected chi connectivity index (χ3v) is 6.29. The average Bonchev–Trinajstić information content (AvgIpc) is 2.69. The van der Waals surface area contributed by atoms with Gasteiger partial charge in [0.05, 0.1) is 11.9 Å². The number of amides is 2. The number of hydrogen-bond acceptors (Lipinski definition) is 4. The van der Waals surface area contributed by atoms with Crippen LogP contribution in [0.15, 0.2) is 48.5 Å². The highest BCUT2D eigenvalue weighted by molar-refractivity contribution is 7.92. The Labute approximate surface area is 197 Å². The van der Waals surface area contributed by atoms with Crippen molar-refractivity contribution in [1.29, 1.82) is 0 Å². The van der Waals surface area contributed by atoms with E-state index < -0.39 is 34.1 Å². The molecule has 0 heterocycles. The SMILES string of the molecule is Cc1ccc(N(CC(=O)N(Cc2ccccc2)[C@@H](C)C(=O)NC(C)(C)C)S(C)(=O)=O)c(C)c1. The first-order valence-corrected chi connectivity index (χ1v) is 12.7. The van der Waals surface area contributed by atoms with E-state index in [-0.39, 0.29) is 12.5 Å². The highest BCUT2D eigenvalue weighted by Gasteiger charge is 2.31. The van der Waals surface area contributed by atoms with Crippen LogP contribution in [0.25, 0.3) is 0 Å². The normalized spacial score (nSPS) is 12.7. The zero-order valence-electron chi connectivity index (χ0n) is 20.5. The Morgan fingerprint density at radius 1 is 1.03 bits per heavy atom. The number of sulfonamides is 1. The van der Waals surface area contributed by atoms with Gasteiger partial charge < -0.3 is 10.2 Å². The van der Waals surface area contributed by atoms with Gasteiger partial charge in [0, 0.05) is 12.1 Å². The lowest BCUT2D eigenvalue weighted by molar-refractivity contribution is -0.140. The fourth-order valence-electron chi connectivity index (χ4n) is 3.52. The lowest BCUT2D eigenvalue weighted by Gasteiger charge is -2.33. The van der Waals surface area contributed by atoms with E-state index in [2.05, 4.69) is 5.32 Å². The second-order valence-corrected chi connectivity index (χ2v) is 11.4. The van der Waals surface area contributed by atoms with E-state index >= 15 is 0 Å². The van der Waals surface area contributed by atoms with Gasteiger partial charge in [0.2, 0.25) is 21.8 Å². The van der Waals surface area contributed by atoms with Gasteiger partial charge in [-0.3, -0.25) is 13.9 Å². The minimum absolute atomic E-state index is 0.183. The molecule has 33 heavy (non-hydrogen) atoms. The van der Waals surface area contributed by atoms with E-state index in [0.717, 1.165) is 27.3 Å². The summed E-state index contributed by atoms with van der Waals surface area (Å²) in [6, 6.07) is 13.9. The molecule has 0 aliphatic rings. The van der Waals surface area contributed by atoms with Gasteiger partial charge in [-0.1, -0.05) is 48.0 Å². The molecular formula is C25H35N3O4S. The van der Waals surface area contributed by atoms with E-state index in [1.807, 2.05) is 77.1 Å². The van der Waals surface area contributed by atoms with Crippen LogP contribution >= 0.6 is 0 Å². The molecule has 2 rings (SSSR count). The van der Waals surface area contributed by atoms with Crippen LogP contribution in [0.5, 0.6) is 0 Å². The van der Waals surface area contributed by atoms with Crippen LogP contribution < -0.4 is 9.62 Å². The van der Waals surface area contributed by atoms with Gasteiger partial charge in [-0.2, -0.15) is 0 Å². The van der Waals surface area contributed by atoms with Crippen molar-refractivity contribution in [1.82, 2.24) is 10.2 Å². The molecule has 0 unspecified atom stereocenters. The van der Waals surface area contributed by atoms with Crippen LogP contribution in [0.2, 0.25) is 0 Å². The Kier molecular flexibility index (Phi) is 8.30. The van der Waals surface area contributed by atoms with Crippen LogP contribution in [0, 0.1) is 13.8 Å². The molecule has 2 amide bonds. The largest absolute Gasteiger partial charge is 0.350 e. The Morgan fingerprint density at radius 3 is 2.15 bits per heavy atom. The summed E-state index contributed by atoms with van der Waals surface area (Å²) in [5.41, 5.74) is 2.57. The van der Waals surface area contributed by atoms with Gasteiger partial charge in [0.25, 0.3) is 0 Å². The number of benzene rings is 2. The Bertz CT molecular complexity index is 1090. The maximum Gasteiger partial charge on any atom is 0.244 e. The molecule has 1 atom stereocenters. The minimum Gasteiger partial charge on any atom is -0.350 e. The first-order valence-electron chi connectivity index (χ1n) is 10.9. The summed E-state index contributed by atoms with van der Waals surface area (Å²) < 4.78 is 26.4. The molecule has 180 valence electrons. The van der Waals surface area contributed by atoms with Crippen LogP contribution in [-0.2, 0) is 26.2 Å². The van der Waals surface area contributed by atoms with E-state index in [4.69, 9.17) is 0 Å². The van der Waals surface area contributed by atoms with Gasteiger partial charge in [-0.05, 0) is 58.7 Å². The summed E-state index contributed by atoms with van der Waals surface area (Å²) in [5.74, 6) is -0.759. The topological polar surface area (TPSA) is 86.8 Å². The number of anilines is 1. The van der Waals surface area contributed by atoms with Crippen molar-refractivity contribution in [2.45, 2.75) is 59.7 Å². The van der Waals surface area contributed by atoms with Crippen LogP contribution in [-0.4, -0.2) is 49.5 Å². The molecule has 1 N–H and O–H groups in total. The molecule has 0 fully saturated rings. The monoisotopic (exact) mass is 473 g/mol. The second-order valence-electron chi connectivity index (χ2n) is 9.48. The predicted octanol–water partition coefficient (Wildman–Crippen LogP) is 3.40. The van der Waals surface area contributed by atoms with Crippen molar-refractivity contribution in [3.05, 3.63) is 65.2 Å². The summed E-state index contributed by atoms with van der Waals surface area (Å²) in [5, 5.41) is 2.91. The molecule has 2 aromatic rings. The molecule has 7 nitrogen and oxygen atoms in total. The Hall–Kier alpha value is -2.87. The first-order chi connectivity index (χ1) is 15.2. The van der Waals surface area contributed by atoms with Gasteiger partial charge in [0.15, 0.2) is 0 Å². The fourth-order valence-corrected chi connectivity index (χ4v) is 4.42. The molecule has 0 aliphatic carbocycles. The number of nitrogens with zero attached hydrogens (tertiary/aromatic N) is 2. The van der Waals surface area contributed by atoms with E-state index in [9.17, 15) is 18.0 Å². The third-order valence-electron chi connectivity index (χ3n) is 5.16. The summed E-state index contributed by atoms with van der Waals surface area (Å²) in [6.07, 6.45) is 1.08. The van der Waals surface area contributed by atoms with Crippen molar-refractivity contribution in [2.24, 2.45) is 0 Å². The van der Waals surface area contributed by atoms with Crippen molar-refractivity contribution < 1.29 is 18.0 Å². The van der Waals surface area contributed by atoms with Crippen LogP contribution in [0.1, 0.15) is 44.4 Å². The number of aryl methyl sites for hydroxylation is 2. The van der Waals surface area contributed by atoms with Crippen molar-refractivity contribution >= 4 is 27.5 Å². The number of hydrogen-bond donors (Lipinski definition) is 1. The molecule has 0 saturated carbocycles. The van der Waals surface area contributed by atoms with E-state index in [1.54, 1.807) is 13.0 Å². The molecule has 0 aliphatic heterocycles. The zero-order valence-corrected chi connectivity index (χ0v) is 21.4. The summed E-state index contributed by atoms with van der Waals surface area (Å²) in [7, 11) is -3.74. The van der Waals surface area contributed by atoms with Gasteiger partial charge in [-0.25, -0.2) is 8.42 Å². The molecule has 8 heteroatoms. The van der Waals surface area contributed by atoms with E-state index in [1.165, 1.54) is 4.90 Å². The maximum absolute atomic E-state index is 13.5. The van der Waals surface area contributed by atoms with E-state index in [0.29, 0.717) is 5.69 Å². The molecule has 0 bridgehead atoms. The highest BCUT2D eigenvalue weighted by Crippen LogP contribution is 2.24. The lowest BCUT2D eigenvalue weighted by atomic mass is 10.1. The smallest absolute Gasteiger partial charge is 0.244 e. The number of carbonyl (C=O) groups is 2. The molecule has 0 aromatic heterocycles. The summed E-state index contributed by atoms with van der Waals surface area (Å²) in [4.78, 5) is 27.8. The fraction of sp³-hybridized carbons (Fsp3) is 0.440. The highest BCUT2D eigenvalue weighted by atomic mass is 32.2. The zero-order chi connectivity index (χ0) is 25.0. The van der Waals surface area contributed by atoms with Crippen molar-refractivity contribution in [3.8, 4) is 0 Å². The van der Waals surface area contributed by atoms with Crippen LogP contribution in [0.4, 0.5) is 5.69 Å². The first kappa shape index (κ1) is 26.4. The number of rotatable bonds is 8. The predicted molar refractivity (Wildman–Crippen MR) is 132 cm³/mol. The standard InChI is InChI=1S/C25H35N3O4S/c1-18-13-14-22(19(2)15-18)28(33(7,31)32)17-23(29)27(16-21-11-9-8-10-12-21)20(3)24(30)26-25(4,5)6/h8-15,20H,16-17H2,1-7H3,(H,26,30)/t20-/m0/s1. The molecule has 0 radical (unpaired) electrons. The van der Waals surface area contributed by atoms with Crippen LogP contribution in [0.3, 0.4) is 0 Å². The lowest BCUT2D eigenvalue weighted by Crippen LogP contribution is -2.54. The summed E-state index contributed by atoms with van der Waals surface area (Å²) >= 11 is 0. The number of nitrogens with one attached hydrogen (secondary N) is 1. The third kappa shape index (κ3) is 7.60. The second kappa shape index (κ2) is 10.4. The minimum atomic E-state index is -3.74. The quantitative estimate of drug-likeness (QED) is 0.637. The Morgan fingerprint density at radius 2 is 1.64 bits per heavy atom. The average molecular weight is 474 g/mol. The van der Waals surface area contributed by atoms with Gasteiger partial charge >= 0.3 is 0 Å². The molecule has 0 saturated heterocycles.